The van der Waals surface area contributed by atoms with Crippen LogP contribution in [0.1, 0.15) is 73.1 Å². The van der Waals surface area contributed by atoms with Crippen LogP contribution in [0.4, 0.5) is 0 Å². The Balaban J connectivity index is 1.53. The van der Waals surface area contributed by atoms with Gasteiger partial charge in [-0.2, -0.15) is 0 Å². The molecule has 5 aromatic rings. The third kappa shape index (κ3) is 6.44. The maximum atomic E-state index is 12.7. The molecule has 3 N–H and O–H groups in total. The first-order valence-electron chi connectivity index (χ1n) is 14.1. The molecule has 0 aliphatic rings. The van der Waals surface area contributed by atoms with E-state index in [2.05, 4.69) is 60.5 Å². The normalized spacial score (nSPS) is 14.4. The van der Waals surface area contributed by atoms with E-state index in [9.17, 15) is 4.79 Å². The van der Waals surface area contributed by atoms with Crippen LogP contribution in [0.25, 0.3) is 0 Å². The van der Waals surface area contributed by atoms with Crippen molar-refractivity contribution in [1.82, 2.24) is 50.3 Å². The van der Waals surface area contributed by atoms with Crippen molar-refractivity contribution >= 4 is 5.91 Å². The van der Waals surface area contributed by atoms with Crippen molar-refractivity contribution in [3.8, 4) is 0 Å². The fraction of sp³-hybridized carbons (Fsp3) is 0.367. The van der Waals surface area contributed by atoms with Gasteiger partial charge < -0.3 is 11.1 Å². The lowest BCUT2D eigenvalue weighted by atomic mass is 10.0. The first-order chi connectivity index (χ1) is 20.3. The van der Waals surface area contributed by atoms with E-state index in [1.807, 2.05) is 80.4 Å². The second-order valence-electron chi connectivity index (χ2n) is 10.9. The number of rotatable bonds is 12. The Hall–Kier alpha value is -4.71. The first-order valence-corrected chi connectivity index (χ1v) is 14.1. The smallest absolute Gasteiger partial charge is 0.244 e. The Morgan fingerprint density at radius 3 is 1.57 bits per heavy atom. The lowest BCUT2D eigenvalue weighted by Gasteiger charge is -2.19. The van der Waals surface area contributed by atoms with Gasteiger partial charge in [-0.15, -0.1) is 15.3 Å². The van der Waals surface area contributed by atoms with Crippen LogP contribution in [0.15, 0.2) is 79.3 Å². The standard InChI is InChI=1S/C30H37N11O/c1-20(2)29(30(42)32-4)41-19-26(35-38-41)28(16-23-13-9-6-10-14-23)40-18-25(34-37-40)27(15-22-11-7-5-8-12-22)39-17-24(21(3)31)33-36-39/h5-14,17-21,27-29H,15-16,31H2,1-4H3,(H,32,42)/t21-,27-,28-,29-/m0/s1. The van der Waals surface area contributed by atoms with Crippen molar-refractivity contribution in [2.75, 3.05) is 7.05 Å². The molecule has 0 aliphatic heterocycles. The highest BCUT2D eigenvalue weighted by molar-refractivity contribution is 5.80. The van der Waals surface area contributed by atoms with Gasteiger partial charge in [0.2, 0.25) is 5.91 Å². The fourth-order valence-corrected chi connectivity index (χ4v) is 5.04. The number of carbonyl (C=O) groups is 1. The number of benzene rings is 2. The highest BCUT2D eigenvalue weighted by Gasteiger charge is 2.28. The molecule has 218 valence electrons. The number of nitrogens with zero attached hydrogens (tertiary/aromatic N) is 9. The highest BCUT2D eigenvalue weighted by atomic mass is 16.2. The van der Waals surface area contributed by atoms with Crippen LogP contribution >= 0.6 is 0 Å². The van der Waals surface area contributed by atoms with Crippen molar-refractivity contribution < 1.29 is 4.79 Å². The van der Waals surface area contributed by atoms with Crippen LogP contribution < -0.4 is 11.1 Å². The van der Waals surface area contributed by atoms with Crippen LogP contribution in [-0.2, 0) is 17.6 Å². The second kappa shape index (κ2) is 12.9. The van der Waals surface area contributed by atoms with Gasteiger partial charge in [0.15, 0.2) is 0 Å². The van der Waals surface area contributed by atoms with Gasteiger partial charge in [-0.3, -0.25) is 4.79 Å². The number of hydrogen-bond donors (Lipinski definition) is 2. The topological polar surface area (TPSA) is 147 Å². The number of nitrogens with one attached hydrogen (secondary N) is 1. The molecule has 0 spiro atoms. The minimum atomic E-state index is -0.485. The average molecular weight is 568 g/mol. The summed E-state index contributed by atoms with van der Waals surface area (Å²) in [5.74, 6) is -0.0977. The lowest BCUT2D eigenvalue weighted by molar-refractivity contribution is -0.125. The number of amides is 1. The largest absolute Gasteiger partial charge is 0.357 e. The van der Waals surface area contributed by atoms with Gasteiger partial charge in [-0.25, -0.2) is 14.0 Å². The van der Waals surface area contributed by atoms with Gasteiger partial charge in [0.25, 0.3) is 0 Å². The molecular formula is C30H37N11O. The lowest BCUT2D eigenvalue weighted by Crippen LogP contribution is -2.33. The summed E-state index contributed by atoms with van der Waals surface area (Å²) >= 11 is 0. The van der Waals surface area contributed by atoms with Crippen molar-refractivity contribution in [3.63, 3.8) is 0 Å². The van der Waals surface area contributed by atoms with Gasteiger partial charge in [0.05, 0.1) is 24.3 Å². The summed E-state index contributed by atoms with van der Waals surface area (Å²) in [6.07, 6.45) is 6.89. The Labute approximate surface area is 244 Å². The Bertz CT molecular complexity index is 1570. The average Bonchev–Trinajstić information content (AvgIpc) is 3.77. The molecule has 42 heavy (non-hydrogen) atoms. The highest BCUT2D eigenvalue weighted by Crippen LogP contribution is 2.27. The molecule has 3 aromatic heterocycles. The maximum absolute atomic E-state index is 12.7. The molecule has 0 bridgehead atoms. The van der Waals surface area contributed by atoms with Gasteiger partial charge in [0, 0.05) is 25.9 Å². The summed E-state index contributed by atoms with van der Waals surface area (Å²) in [4.78, 5) is 12.7. The molecule has 1 amide bonds. The van der Waals surface area contributed by atoms with Gasteiger partial charge >= 0.3 is 0 Å². The van der Waals surface area contributed by atoms with E-state index in [0.717, 1.165) is 16.8 Å². The molecule has 3 heterocycles. The summed E-state index contributed by atoms with van der Waals surface area (Å²) < 4.78 is 5.26. The number of nitrogens with two attached hydrogens (primary N) is 1. The number of carbonyl (C=O) groups excluding carboxylic acids is 1. The number of likely N-dealkylation sites (N-methyl/N-ethyl adjacent to an activating group) is 1. The molecule has 0 saturated carbocycles. The number of hydrogen-bond acceptors (Lipinski definition) is 8. The van der Waals surface area contributed by atoms with E-state index in [-0.39, 0.29) is 30.0 Å². The van der Waals surface area contributed by atoms with Crippen molar-refractivity contribution in [3.05, 3.63) is 107 Å². The minimum absolute atomic E-state index is 0.0209. The van der Waals surface area contributed by atoms with E-state index in [1.54, 1.807) is 16.4 Å². The number of aromatic nitrogens is 9. The van der Waals surface area contributed by atoms with E-state index in [4.69, 9.17) is 5.73 Å². The van der Waals surface area contributed by atoms with Crippen molar-refractivity contribution in [2.24, 2.45) is 11.7 Å². The van der Waals surface area contributed by atoms with Gasteiger partial charge in [-0.1, -0.05) is 90.2 Å². The molecule has 12 heteroatoms. The summed E-state index contributed by atoms with van der Waals surface area (Å²) in [6, 6.07) is 19.0. The van der Waals surface area contributed by atoms with Crippen LogP contribution in [0.2, 0.25) is 0 Å². The SMILES string of the molecule is CNC(=O)[C@H](C(C)C)n1cc([C@H](Cc2ccccc2)n2cc([C@H](Cc3ccccc3)n3cc([C@H](C)N)nn3)nn2)nn1. The Morgan fingerprint density at radius 2 is 1.14 bits per heavy atom. The second-order valence-corrected chi connectivity index (χ2v) is 10.9. The molecule has 5 rings (SSSR count). The van der Waals surface area contributed by atoms with Crippen LogP contribution in [0.3, 0.4) is 0 Å². The maximum Gasteiger partial charge on any atom is 0.244 e. The zero-order valence-electron chi connectivity index (χ0n) is 24.3. The Morgan fingerprint density at radius 1 is 0.714 bits per heavy atom. The molecule has 2 aromatic carbocycles. The zero-order valence-corrected chi connectivity index (χ0v) is 24.3. The van der Waals surface area contributed by atoms with Crippen molar-refractivity contribution in [2.45, 2.75) is 57.8 Å². The van der Waals surface area contributed by atoms with Crippen LogP contribution in [0, 0.1) is 5.92 Å². The molecule has 0 saturated heterocycles. The van der Waals surface area contributed by atoms with E-state index in [1.165, 1.54) is 0 Å². The zero-order chi connectivity index (χ0) is 29.6. The molecule has 0 unspecified atom stereocenters. The Kier molecular flexibility index (Phi) is 8.82. The summed E-state index contributed by atoms with van der Waals surface area (Å²) in [6.45, 7) is 5.85. The van der Waals surface area contributed by atoms with Crippen LogP contribution in [0.5, 0.6) is 0 Å². The fourth-order valence-electron chi connectivity index (χ4n) is 5.04. The predicted octanol–water partition coefficient (Wildman–Crippen LogP) is 3.09. The third-order valence-electron chi connectivity index (χ3n) is 7.35. The van der Waals surface area contributed by atoms with Crippen molar-refractivity contribution in [1.29, 1.82) is 0 Å². The summed E-state index contributed by atoms with van der Waals surface area (Å²) in [5, 5.41) is 29.5. The summed E-state index contributed by atoms with van der Waals surface area (Å²) in [7, 11) is 1.63. The van der Waals surface area contributed by atoms with Gasteiger partial charge in [-0.05, 0) is 24.0 Å². The van der Waals surface area contributed by atoms with E-state index >= 15 is 0 Å². The monoisotopic (exact) mass is 567 g/mol. The quantitative estimate of drug-likeness (QED) is 0.234. The molecule has 0 aliphatic carbocycles. The predicted molar refractivity (Wildman–Crippen MR) is 157 cm³/mol. The molecule has 12 nitrogen and oxygen atoms in total. The van der Waals surface area contributed by atoms with E-state index < -0.39 is 6.04 Å². The summed E-state index contributed by atoms with van der Waals surface area (Å²) in [5.41, 5.74) is 10.4. The molecular weight excluding hydrogens is 530 g/mol. The molecule has 4 atom stereocenters. The van der Waals surface area contributed by atoms with Gasteiger partial charge in [0.1, 0.15) is 29.5 Å². The molecule has 0 fully saturated rings. The van der Waals surface area contributed by atoms with Crippen LogP contribution in [-0.4, -0.2) is 57.9 Å². The molecule has 0 radical (unpaired) electrons. The third-order valence-corrected chi connectivity index (χ3v) is 7.35. The first kappa shape index (κ1) is 28.8. The minimum Gasteiger partial charge on any atom is -0.357 e. The van der Waals surface area contributed by atoms with E-state index in [0.29, 0.717) is 24.2 Å².